The van der Waals surface area contributed by atoms with Gasteiger partial charge in [-0.05, 0) is 61.4 Å². The minimum absolute atomic E-state index is 0. The molecule has 2 heterocycles. The number of rotatable bonds is 10. The second kappa shape index (κ2) is 14.0. The van der Waals surface area contributed by atoms with Gasteiger partial charge in [-0.3, -0.25) is 9.59 Å². The minimum atomic E-state index is -1.25. The van der Waals surface area contributed by atoms with Gasteiger partial charge in [0.2, 0.25) is 0 Å². The van der Waals surface area contributed by atoms with E-state index in [4.69, 9.17) is 5.11 Å². The first kappa shape index (κ1) is 33.3. The average Bonchev–Trinajstić information content (AvgIpc) is 3.30. The van der Waals surface area contributed by atoms with Crippen LogP contribution in [0.5, 0.6) is 0 Å². The third kappa shape index (κ3) is 6.87. The van der Waals surface area contributed by atoms with Gasteiger partial charge in [-0.2, -0.15) is 0 Å². The van der Waals surface area contributed by atoms with E-state index in [2.05, 4.69) is 0 Å². The molecule has 3 N–H and O–H groups in total. The second-order valence-electron chi connectivity index (χ2n) is 10.9. The van der Waals surface area contributed by atoms with E-state index in [1.54, 1.807) is 34.9 Å². The molecule has 10 heteroatoms. The van der Waals surface area contributed by atoms with Crippen LogP contribution in [0.1, 0.15) is 44.0 Å². The fourth-order valence-electron chi connectivity index (χ4n) is 5.67. The number of carbonyl (C=O) groups is 1. The standard InChI is InChI=1S/C34H32F2N2O5.Na.H/c1-20(2)38-29(15-14-25(39)17-26(40)18-30(41)42)31(22-10-12-23(35)13-11-22)32-27-8-3-4-9-28(27)37(34(43)33(32)38)19-21-6-5-7-24(36)16-21;;/h3-16,20,25-26,39-40H,17-19H2,1-2H3,(H,41,42);;/t25-,26+;;/m0../s1. The van der Waals surface area contributed by atoms with Crippen LogP contribution in [0, 0.1) is 11.6 Å². The van der Waals surface area contributed by atoms with Crippen LogP contribution in [0.2, 0.25) is 0 Å². The molecule has 0 spiro atoms. The molecule has 2 aromatic heterocycles. The van der Waals surface area contributed by atoms with E-state index in [9.17, 15) is 28.6 Å². The molecule has 0 aliphatic rings. The molecule has 0 bridgehead atoms. The summed E-state index contributed by atoms with van der Waals surface area (Å²) in [6.45, 7) is 3.97. The quantitative estimate of drug-likeness (QED) is 0.182. The summed E-state index contributed by atoms with van der Waals surface area (Å²) in [5.41, 5.74) is 3.24. The number of benzene rings is 3. The van der Waals surface area contributed by atoms with Crippen molar-refractivity contribution >= 4 is 63.4 Å². The van der Waals surface area contributed by atoms with Gasteiger partial charge < -0.3 is 24.5 Å². The Balaban J connectivity index is 0.00000442. The molecule has 0 amide bonds. The zero-order chi connectivity index (χ0) is 30.8. The number of fused-ring (bicyclic) bond motifs is 3. The number of para-hydroxylation sites is 1. The SMILES string of the molecule is CC(C)n1c(C=C[C@H](O)C[C@@H](O)CC(=O)O)c(-c2ccc(F)cc2)c2c3ccccc3n(Cc3cccc(F)c3)c(=O)c21.[NaH]. The van der Waals surface area contributed by atoms with Gasteiger partial charge in [-0.15, -0.1) is 0 Å². The predicted octanol–water partition coefficient (Wildman–Crippen LogP) is 5.48. The summed E-state index contributed by atoms with van der Waals surface area (Å²) in [6, 6.07) is 19.2. The van der Waals surface area contributed by atoms with E-state index in [1.807, 2.05) is 42.7 Å². The van der Waals surface area contributed by atoms with Gasteiger partial charge in [0.25, 0.3) is 5.56 Å². The van der Waals surface area contributed by atoms with Crippen molar-refractivity contribution in [1.29, 1.82) is 0 Å². The van der Waals surface area contributed by atoms with Gasteiger partial charge in [0, 0.05) is 34.5 Å². The molecule has 0 radical (unpaired) electrons. The van der Waals surface area contributed by atoms with Crippen molar-refractivity contribution in [2.75, 3.05) is 0 Å². The fraction of sp³-hybridized carbons (Fsp3) is 0.235. The van der Waals surface area contributed by atoms with Gasteiger partial charge >= 0.3 is 35.5 Å². The first-order valence-electron chi connectivity index (χ1n) is 14.0. The first-order valence-corrected chi connectivity index (χ1v) is 14.0. The molecule has 7 nitrogen and oxygen atoms in total. The third-order valence-electron chi connectivity index (χ3n) is 7.43. The van der Waals surface area contributed by atoms with Crippen molar-refractivity contribution in [2.24, 2.45) is 0 Å². The number of hydrogen-bond donors (Lipinski definition) is 3. The number of aromatic nitrogens is 2. The van der Waals surface area contributed by atoms with E-state index >= 15 is 0 Å². The van der Waals surface area contributed by atoms with Crippen LogP contribution < -0.4 is 5.56 Å². The Bertz CT molecular complexity index is 1900. The molecule has 0 aliphatic heterocycles. The second-order valence-corrected chi connectivity index (χ2v) is 10.9. The van der Waals surface area contributed by atoms with E-state index < -0.39 is 36.2 Å². The van der Waals surface area contributed by atoms with Crippen LogP contribution in [0.4, 0.5) is 8.78 Å². The fourth-order valence-corrected chi connectivity index (χ4v) is 5.67. The molecule has 0 aliphatic carbocycles. The summed E-state index contributed by atoms with van der Waals surface area (Å²) in [6.07, 6.45) is -0.00541. The molecule has 5 aromatic rings. The van der Waals surface area contributed by atoms with Crippen molar-refractivity contribution in [3.63, 3.8) is 0 Å². The summed E-state index contributed by atoms with van der Waals surface area (Å²) in [4.78, 5) is 25.4. The van der Waals surface area contributed by atoms with E-state index in [0.717, 1.165) is 5.39 Å². The monoisotopic (exact) mass is 610 g/mol. The zero-order valence-electron chi connectivity index (χ0n) is 23.7. The first-order chi connectivity index (χ1) is 20.5. The maximum atomic E-state index is 14.4. The summed E-state index contributed by atoms with van der Waals surface area (Å²) in [5.74, 6) is -2.00. The predicted molar refractivity (Wildman–Crippen MR) is 170 cm³/mol. The summed E-state index contributed by atoms with van der Waals surface area (Å²) in [5, 5.41) is 31.1. The van der Waals surface area contributed by atoms with Gasteiger partial charge in [0.1, 0.15) is 17.2 Å². The van der Waals surface area contributed by atoms with Gasteiger partial charge in [-0.25, -0.2) is 8.78 Å². The topological polar surface area (TPSA) is 105 Å². The number of hydrogen-bond acceptors (Lipinski definition) is 4. The molecular weight excluding hydrogens is 577 g/mol. The van der Waals surface area contributed by atoms with Crippen LogP contribution >= 0.6 is 0 Å². The number of aliphatic hydroxyl groups excluding tert-OH is 2. The van der Waals surface area contributed by atoms with Crippen molar-refractivity contribution in [3.8, 4) is 11.1 Å². The number of carboxylic acids is 1. The Hall–Kier alpha value is -3.60. The molecule has 2 atom stereocenters. The number of halogens is 2. The number of pyridine rings is 1. The maximum absolute atomic E-state index is 14.4. The van der Waals surface area contributed by atoms with Crippen LogP contribution in [0.15, 0.2) is 83.7 Å². The summed E-state index contributed by atoms with van der Waals surface area (Å²) < 4.78 is 31.6. The van der Waals surface area contributed by atoms with Crippen LogP contribution in [-0.2, 0) is 11.3 Å². The summed E-state index contributed by atoms with van der Waals surface area (Å²) in [7, 11) is 0. The van der Waals surface area contributed by atoms with Gasteiger partial charge in [0.15, 0.2) is 0 Å². The van der Waals surface area contributed by atoms with E-state index in [1.165, 1.54) is 30.3 Å². The van der Waals surface area contributed by atoms with Gasteiger partial charge in [0.05, 0.1) is 30.7 Å². The van der Waals surface area contributed by atoms with Crippen molar-refractivity contribution < 1.29 is 28.9 Å². The van der Waals surface area contributed by atoms with Crippen molar-refractivity contribution in [3.05, 3.63) is 112 Å². The number of carboxylic acid groups (broad SMARTS) is 1. The third-order valence-corrected chi connectivity index (χ3v) is 7.43. The molecule has 224 valence electrons. The number of nitrogens with zero attached hydrogens (tertiary/aromatic N) is 2. The Morgan fingerprint density at radius 2 is 1.66 bits per heavy atom. The molecule has 5 rings (SSSR count). The Kier molecular flexibility index (Phi) is 10.6. The van der Waals surface area contributed by atoms with Crippen LogP contribution in [0.25, 0.3) is 39.0 Å². The van der Waals surface area contributed by atoms with Crippen LogP contribution in [-0.4, -0.2) is 72.2 Å². The zero-order valence-corrected chi connectivity index (χ0v) is 23.7. The molecule has 0 saturated heterocycles. The van der Waals surface area contributed by atoms with Gasteiger partial charge in [-0.1, -0.05) is 48.5 Å². The summed E-state index contributed by atoms with van der Waals surface area (Å²) >= 11 is 0. The number of aliphatic carboxylic acids is 1. The van der Waals surface area contributed by atoms with Crippen LogP contribution in [0.3, 0.4) is 0 Å². The normalized spacial score (nSPS) is 13.1. The van der Waals surface area contributed by atoms with Crippen molar-refractivity contribution in [1.82, 2.24) is 9.13 Å². The van der Waals surface area contributed by atoms with E-state index in [0.29, 0.717) is 38.8 Å². The Labute approximate surface area is 275 Å². The Morgan fingerprint density at radius 1 is 0.955 bits per heavy atom. The molecule has 0 unspecified atom stereocenters. The molecule has 44 heavy (non-hydrogen) atoms. The average molecular weight is 611 g/mol. The number of aliphatic hydroxyl groups is 2. The Morgan fingerprint density at radius 3 is 2.32 bits per heavy atom. The molecule has 3 aromatic carbocycles. The van der Waals surface area contributed by atoms with E-state index in [-0.39, 0.29) is 54.1 Å². The molecule has 0 saturated carbocycles. The van der Waals surface area contributed by atoms with Crippen molar-refractivity contribution in [2.45, 2.75) is 51.5 Å². The molecule has 0 fully saturated rings. The molecular formula is C34H33F2N2NaO5.